The summed E-state index contributed by atoms with van der Waals surface area (Å²) in [4.78, 5) is 0. The van der Waals surface area contributed by atoms with Crippen LogP contribution in [0, 0.1) is 5.92 Å². The lowest BCUT2D eigenvalue weighted by molar-refractivity contribution is 0.444. The number of dihydropyridines is 2. The van der Waals surface area contributed by atoms with E-state index in [2.05, 4.69) is 49.3 Å². The molecule has 0 aromatic heterocycles. The highest BCUT2D eigenvalue weighted by molar-refractivity contribution is 5.49. The van der Waals surface area contributed by atoms with Crippen LogP contribution >= 0.6 is 0 Å². The van der Waals surface area contributed by atoms with E-state index in [0.717, 1.165) is 5.70 Å². The first-order valence-corrected chi connectivity index (χ1v) is 6.19. The maximum Gasteiger partial charge on any atom is 0.0540 e. The Hall–Kier alpha value is -1.70. The van der Waals surface area contributed by atoms with Gasteiger partial charge in [0.15, 0.2) is 0 Å². The quantitative estimate of drug-likeness (QED) is 0.776. The second kappa shape index (κ2) is 5.09. The van der Waals surface area contributed by atoms with E-state index >= 15 is 0 Å². The summed E-state index contributed by atoms with van der Waals surface area (Å²) < 4.78 is 0. The maximum atomic E-state index is 3.87. The molecular formula is C15H20N2. The zero-order valence-corrected chi connectivity index (χ0v) is 10.5. The highest BCUT2D eigenvalue weighted by Crippen LogP contribution is 2.26. The first-order chi connectivity index (χ1) is 8.22. The van der Waals surface area contributed by atoms with Crippen LogP contribution in [0.3, 0.4) is 0 Å². The van der Waals surface area contributed by atoms with Crippen LogP contribution in [0.25, 0.3) is 0 Å². The summed E-state index contributed by atoms with van der Waals surface area (Å²) in [6, 6.07) is 0.397. The van der Waals surface area contributed by atoms with Crippen molar-refractivity contribution in [2.45, 2.75) is 26.3 Å². The number of allylic oxidation sites excluding steroid dienone is 4. The Morgan fingerprint density at radius 3 is 2.88 bits per heavy atom. The lowest BCUT2D eigenvalue weighted by Gasteiger charge is -2.30. The SMILES string of the molecule is C=C1C=CC(C2=CC=CNC2C(C)CC)=CN1. The fraction of sp³-hybridized carbons (Fsp3) is 0.333. The van der Waals surface area contributed by atoms with Gasteiger partial charge < -0.3 is 10.6 Å². The molecule has 0 aromatic carbocycles. The minimum absolute atomic E-state index is 0.397. The van der Waals surface area contributed by atoms with E-state index in [9.17, 15) is 0 Å². The molecule has 2 aliphatic heterocycles. The van der Waals surface area contributed by atoms with Crippen molar-refractivity contribution in [3.05, 3.63) is 60.1 Å². The van der Waals surface area contributed by atoms with Gasteiger partial charge in [-0.25, -0.2) is 0 Å². The number of nitrogens with one attached hydrogen (secondary N) is 2. The summed E-state index contributed by atoms with van der Waals surface area (Å²) in [5, 5.41) is 6.63. The van der Waals surface area contributed by atoms with Crippen LogP contribution in [-0.4, -0.2) is 6.04 Å². The molecule has 2 heteroatoms. The van der Waals surface area contributed by atoms with Gasteiger partial charge in [-0.15, -0.1) is 0 Å². The third-order valence-electron chi connectivity index (χ3n) is 3.41. The molecule has 2 aliphatic rings. The average Bonchev–Trinajstić information content (AvgIpc) is 2.39. The van der Waals surface area contributed by atoms with Gasteiger partial charge in [-0.2, -0.15) is 0 Å². The molecule has 0 bridgehead atoms. The van der Waals surface area contributed by atoms with Gasteiger partial charge >= 0.3 is 0 Å². The molecule has 0 saturated heterocycles. The predicted molar refractivity (Wildman–Crippen MR) is 73.1 cm³/mol. The lowest BCUT2D eigenvalue weighted by atomic mass is 9.86. The molecule has 2 heterocycles. The number of rotatable bonds is 3. The Morgan fingerprint density at radius 2 is 2.24 bits per heavy atom. The zero-order valence-electron chi connectivity index (χ0n) is 10.5. The van der Waals surface area contributed by atoms with Crippen molar-refractivity contribution in [3.63, 3.8) is 0 Å². The molecule has 2 unspecified atom stereocenters. The topological polar surface area (TPSA) is 24.1 Å². The predicted octanol–water partition coefficient (Wildman–Crippen LogP) is 3.00. The fourth-order valence-electron chi connectivity index (χ4n) is 2.12. The average molecular weight is 228 g/mol. The molecule has 90 valence electrons. The molecular weight excluding hydrogens is 208 g/mol. The van der Waals surface area contributed by atoms with Crippen molar-refractivity contribution < 1.29 is 0 Å². The van der Waals surface area contributed by atoms with Crippen molar-refractivity contribution in [1.82, 2.24) is 10.6 Å². The Kier molecular flexibility index (Phi) is 3.52. The van der Waals surface area contributed by atoms with Gasteiger partial charge in [-0.1, -0.05) is 39.0 Å². The zero-order chi connectivity index (χ0) is 12.3. The lowest BCUT2D eigenvalue weighted by Crippen LogP contribution is -2.35. The van der Waals surface area contributed by atoms with Crippen LogP contribution in [0.5, 0.6) is 0 Å². The summed E-state index contributed by atoms with van der Waals surface area (Å²) >= 11 is 0. The van der Waals surface area contributed by atoms with Gasteiger partial charge in [0.25, 0.3) is 0 Å². The second-order valence-electron chi connectivity index (χ2n) is 4.61. The van der Waals surface area contributed by atoms with E-state index in [1.54, 1.807) is 0 Å². The third kappa shape index (κ3) is 2.52. The Balaban J connectivity index is 2.23. The van der Waals surface area contributed by atoms with Crippen LogP contribution in [-0.2, 0) is 0 Å². The molecule has 2 N–H and O–H groups in total. The Bertz CT molecular complexity index is 424. The molecule has 2 nitrogen and oxygen atoms in total. The van der Waals surface area contributed by atoms with Crippen molar-refractivity contribution in [2.75, 3.05) is 0 Å². The van der Waals surface area contributed by atoms with Crippen molar-refractivity contribution in [2.24, 2.45) is 5.92 Å². The van der Waals surface area contributed by atoms with E-state index in [0.29, 0.717) is 12.0 Å². The van der Waals surface area contributed by atoms with E-state index in [1.807, 2.05) is 18.5 Å². The first-order valence-electron chi connectivity index (χ1n) is 6.19. The molecule has 0 fully saturated rings. The molecule has 0 amide bonds. The smallest absolute Gasteiger partial charge is 0.0540 e. The highest BCUT2D eigenvalue weighted by atomic mass is 14.9. The van der Waals surface area contributed by atoms with Gasteiger partial charge in [0, 0.05) is 11.9 Å². The molecule has 2 rings (SSSR count). The Labute approximate surface area is 103 Å². The summed E-state index contributed by atoms with van der Waals surface area (Å²) in [6.07, 6.45) is 13.6. The van der Waals surface area contributed by atoms with Crippen LogP contribution in [0.1, 0.15) is 20.3 Å². The molecule has 0 aliphatic carbocycles. The van der Waals surface area contributed by atoms with Crippen LogP contribution < -0.4 is 10.6 Å². The molecule has 0 radical (unpaired) electrons. The molecule has 0 saturated carbocycles. The number of hydrogen-bond acceptors (Lipinski definition) is 2. The van der Waals surface area contributed by atoms with Gasteiger partial charge in [-0.05, 0) is 35.4 Å². The summed E-state index contributed by atoms with van der Waals surface area (Å²) in [5.74, 6) is 0.616. The van der Waals surface area contributed by atoms with E-state index in [4.69, 9.17) is 0 Å². The molecule has 0 aromatic rings. The monoisotopic (exact) mass is 228 g/mol. The Morgan fingerprint density at radius 1 is 1.41 bits per heavy atom. The molecule has 2 atom stereocenters. The largest absolute Gasteiger partial charge is 0.384 e. The summed E-state index contributed by atoms with van der Waals surface area (Å²) in [7, 11) is 0. The fourth-order valence-corrected chi connectivity index (χ4v) is 2.12. The minimum atomic E-state index is 0.397. The van der Waals surface area contributed by atoms with Crippen molar-refractivity contribution in [3.8, 4) is 0 Å². The minimum Gasteiger partial charge on any atom is -0.384 e. The van der Waals surface area contributed by atoms with Crippen molar-refractivity contribution >= 4 is 0 Å². The summed E-state index contributed by atoms with van der Waals surface area (Å²) in [5.41, 5.74) is 3.52. The number of hydrogen-bond donors (Lipinski definition) is 2. The van der Waals surface area contributed by atoms with Crippen molar-refractivity contribution in [1.29, 1.82) is 0 Å². The normalized spacial score (nSPS) is 24.6. The highest BCUT2D eigenvalue weighted by Gasteiger charge is 2.22. The molecule has 0 spiro atoms. The third-order valence-corrected chi connectivity index (χ3v) is 3.41. The van der Waals surface area contributed by atoms with Gasteiger partial charge in [-0.3, -0.25) is 0 Å². The maximum absolute atomic E-state index is 3.87. The van der Waals surface area contributed by atoms with Crippen LogP contribution in [0.4, 0.5) is 0 Å². The van der Waals surface area contributed by atoms with E-state index in [1.165, 1.54) is 17.6 Å². The van der Waals surface area contributed by atoms with Gasteiger partial charge in [0.1, 0.15) is 0 Å². The second-order valence-corrected chi connectivity index (χ2v) is 4.61. The van der Waals surface area contributed by atoms with Crippen LogP contribution in [0.15, 0.2) is 60.1 Å². The van der Waals surface area contributed by atoms with E-state index in [-0.39, 0.29) is 0 Å². The van der Waals surface area contributed by atoms with Gasteiger partial charge in [0.2, 0.25) is 0 Å². The standard InChI is InChI=1S/C15H20N2/c1-4-11(2)15-14(6-5-9-16-15)13-8-7-12(3)17-10-13/h5-11,15-17H,3-4H2,1-2H3. The van der Waals surface area contributed by atoms with Crippen LogP contribution in [0.2, 0.25) is 0 Å². The van der Waals surface area contributed by atoms with Gasteiger partial charge in [0.05, 0.1) is 6.04 Å². The molecule has 17 heavy (non-hydrogen) atoms. The van der Waals surface area contributed by atoms with E-state index < -0.39 is 0 Å². The summed E-state index contributed by atoms with van der Waals surface area (Å²) in [6.45, 7) is 8.38. The first kappa shape index (κ1) is 11.8.